The van der Waals surface area contributed by atoms with Crippen LogP contribution >= 0.6 is 0 Å². The maximum absolute atomic E-state index is 12.5. The highest BCUT2D eigenvalue weighted by Crippen LogP contribution is 2.29. The summed E-state index contributed by atoms with van der Waals surface area (Å²) >= 11 is 0. The Morgan fingerprint density at radius 3 is 1.98 bits per heavy atom. The van der Waals surface area contributed by atoms with Gasteiger partial charge in [-0.25, -0.2) is 19.2 Å². The molecular formula is C30H32O12. The van der Waals surface area contributed by atoms with Gasteiger partial charge in [0.05, 0.1) is 37.6 Å². The Bertz CT molecular complexity index is 1240. The van der Waals surface area contributed by atoms with Gasteiger partial charge >= 0.3 is 24.1 Å². The summed E-state index contributed by atoms with van der Waals surface area (Å²) in [6.45, 7) is 4.09. The summed E-state index contributed by atoms with van der Waals surface area (Å²) in [7, 11) is 0. The molecular weight excluding hydrogens is 552 g/mol. The third kappa shape index (κ3) is 8.62. The molecule has 4 rings (SSSR count). The van der Waals surface area contributed by atoms with E-state index in [1.54, 1.807) is 0 Å². The Kier molecular flexibility index (Phi) is 11.0. The maximum atomic E-state index is 12.5. The SMILES string of the molecule is C=CC(=O)OCCCCCCOC(=O)Oc1ccc(C(=O)Oc2ccc(C(=O)O[C@H]3COC4C3OC[C@H]4O)cc2)cc1. The summed E-state index contributed by atoms with van der Waals surface area (Å²) in [5.74, 6) is -1.28. The fourth-order valence-electron chi connectivity index (χ4n) is 4.31. The van der Waals surface area contributed by atoms with Crippen LogP contribution < -0.4 is 9.47 Å². The second-order valence-electron chi connectivity index (χ2n) is 9.53. The molecule has 0 aromatic heterocycles. The molecule has 2 unspecified atom stereocenters. The number of ether oxygens (including phenoxy) is 7. The van der Waals surface area contributed by atoms with Gasteiger partial charge in [0.2, 0.25) is 0 Å². The van der Waals surface area contributed by atoms with Crippen LogP contribution in [0.2, 0.25) is 0 Å². The molecule has 12 nitrogen and oxygen atoms in total. The van der Waals surface area contributed by atoms with Crippen LogP contribution in [0.15, 0.2) is 61.2 Å². The lowest BCUT2D eigenvalue weighted by atomic mass is 10.1. The average Bonchev–Trinajstić information content (AvgIpc) is 3.57. The number of carbonyl (C=O) groups is 4. The predicted octanol–water partition coefficient (Wildman–Crippen LogP) is 3.39. The lowest BCUT2D eigenvalue weighted by Gasteiger charge is -2.16. The van der Waals surface area contributed by atoms with E-state index in [9.17, 15) is 24.3 Å². The van der Waals surface area contributed by atoms with Gasteiger partial charge in [-0.05, 0) is 74.2 Å². The van der Waals surface area contributed by atoms with Crippen LogP contribution in [0.3, 0.4) is 0 Å². The number of fused-ring (bicyclic) bond motifs is 1. The van der Waals surface area contributed by atoms with E-state index < -0.39 is 48.5 Å². The molecule has 0 saturated carbocycles. The van der Waals surface area contributed by atoms with E-state index in [0.717, 1.165) is 18.9 Å². The third-order valence-electron chi connectivity index (χ3n) is 6.50. The molecule has 0 spiro atoms. The Labute approximate surface area is 242 Å². The van der Waals surface area contributed by atoms with Crippen molar-refractivity contribution >= 4 is 24.1 Å². The van der Waals surface area contributed by atoms with Gasteiger partial charge in [-0.3, -0.25) is 0 Å². The molecule has 42 heavy (non-hydrogen) atoms. The second kappa shape index (κ2) is 15.1. The normalized spacial score (nSPS) is 20.7. The molecule has 2 heterocycles. The quantitative estimate of drug-likeness (QED) is 0.0917. The molecule has 12 heteroatoms. The van der Waals surface area contributed by atoms with E-state index in [2.05, 4.69) is 6.58 Å². The van der Waals surface area contributed by atoms with Crippen LogP contribution in [0.5, 0.6) is 11.5 Å². The van der Waals surface area contributed by atoms with Gasteiger partial charge in [0, 0.05) is 6.08 Å². The number of rotatable bonds is 13. The number of benzene rings is 2. The molecule has 2 aliphatic rings. The predicted molar refractivity (Wildman–Crippen MR) is 144 cm³/mol. The molecule has 0 amide bonds. The van der Waals surface area contributed by atoms with E-state index in [4.69, 9.17) is 33.2 Å². The van der Waals surface area contributed by atoms with Crippen LogP contribution in [0.1, 0.15) is 46.4 Å². The standard InChI is InChI=1S/C30H32O12/c1-2-25(32)36-15-5-3-4-6-16-37-30(35)41-22-13-9-19(10-14-22)28(33)40-21-11-7-20(8-12-21)29(34)42-24-18-39-26-23(31)17-38-27(24)26/h2,7-14,23-24,26-27,31H,1,3-6,15-18H2/t23-,24+,26?,27?/m1/s1. The fourth-order valence-corrected chi connectivity index (χ4v) is 4.31. The van der Waals surface area contributed by atoms with E-state index in [0.29, 0.717) is 19.4 Å². The molecule has 2 fully saturated rings. The van der Waals surface area contributed by atoms with Gasteiger partial charge in [-0.2, -0.15) is 0 Å². The first kappa shape index (κ1) is 30.7. The van der Waals surface area contributed by atoms with Gasteiger partial charge in [-0.15, -0.1) is 0 Å². The summed E-state index contributed by atoms with van der Waals surface area (Å²) in [6, 6.07) is 11.6. The molecule has 0 radical (unpaired) electrons. The summed E-state index contributed by atoms with van der Waals surface area (Å²) in [4.78, 5) is 47.9. The zero-order valence-electron chi connectivity index (χ0n) is 22.8. The molecule has 0 bridgehead atoms. The second-order valence-corrected chi connectivity index (χ2v) is 9.53. The van der Waals surface area contributed by atoms with Gasteiger partial charge in [0.25, 0.3) is 0 Å². The van der Waals surface area contributed by atoms with E-state index in [-0.39, 0.29) is 42.4 Å². The highest BCUT2D eigenvalue weighted by Gasteiger charge is 2.49. The Hall–Kier alpha value is -4.26. The van der Waals surface area contributed by atoms with Crippen LogP contribution in [0.4, 0.5) is 4.79 Å². The Morgan fingerprint density at radius 2 is 1.33 bits per heavy atom. The van der Waals surface area contributed by atoms with Crippen LogP contribution in [-0.4, -0.2) is 80.0 Å². The van der Waals surface area contributed by atoms with Crippen LogP contribution in [0.25, 0.3) is 0 Å². The number of aliphatic hydroxyl groups is 1. The summed E-state index contributed by atoms with van der Waals surface area (Å²) in [5, 5.41) is 9.81. The average molecular weight is 585 g/mol. The number of esters is 3. The van der Waals surface area contributed by atoms with Gasteiger partial charge in [0.15, 0.2) is 6.10 Å². The first-order valence-electron chi connectivity index (χ1n) is 13.5. The van der Waals surface area contributed by atoms with E-state index in [1.165, 1.54) is 48.5 Å². The minimum Gasteiger partial charge on any atom is -0.463 e. The minimum absolute atomic E-state index is 0.132. The van der Waals surface area contributed by atoms with Crippen molar-refractivity contribution < 1.29 is 57.4 Å². The number of hydrogen-bond acceptors (Lipinski definition) is 12. The molecule has 2 aliphatic heterocycles. The minimum atomic E-state index is -0.863. The van der Waals surface area contributed by atoms with Gasteiger partial charge in [-0.1, -0.05) is 6.58 Å². The maximum Gasteiger partial charge on any atom is 0.513 e. The number of unbranched alkanes of at least 4 members (excludes halogenated alkanes) is 3. The molecule has 4 atom stereocenters. The topological polar surface area (TPSA) is 153 Å². The van der Waals surface area contributed by atoms with E-state index >= 15 is 0 Å². The lowest BCUT2D eigenvalue weighted by Crippen LogP contribution is -2.34. The van der Waals surface area contributed by atoms with Crippen molar-refractivity contribution in [1.82, 2.24) is 0 Å². The Balaban J connectivity index is 1.14. The van der Waals surface area contributed by atoms with Crippen molar-refractivity contribution in [1.29, 1.82) is 0 Å². The van der Waals surface area contributed by atoms with Crippen molar-refractivity contribution in [2.75, 3.05) is 26.4 Å². The monoisotopic (exact) mass is 584 g/mol. The van der Waals surface area contributed by atoms with E-state index in [1.807, 2.05) is 0 Å². The lowest BCUT2D eigenvalue weighted by molar-refractivity contribution is -0.137. The van der Waals surface area contributed by atoms with Crippen molar-refractivity contribution in [2.24, 2.45) is 0 Å². The molecule has 1 N–H and O–H groups in total. The molecule has 2 aromatic carbocycles. The summed E-state index contributed by atoms with van der Waals surface area (Å²) < 4.78 is 36.8. The zero-order chi connectivity index (χ0) is 29.9. The van der Waals surface area contributed by atoms with Crippen molar-refractivity contribution in [3.8, 4) is 11.5 Å². The molecule has 2 saturated heterocycles. The highest BCUT2D eigenvalue weighted by molar-refractivity contribution is 5.92. The molecule has 224 valence electrons. The van der Waals surface area contributed by atoms with Gasteiger partial charge in [0.1, 0.15) is 29.8 Å². The van der Waals surface area contributed by atoms with Crippen molar-refractivity contribution in [3.05, 3.63) is 72.3 Å². The van der Waals surface area contributed by atoms with Crippen LogP contribution in [-0.2, 0) is 28.5 Å². The fraction of sp³-hybridized carbons (Fsp3) is 0.400. The summed E-state index contributed by atoms with van der Waals surface area (Å²) in [6.07, 6.45) is 0.828. The smallest absolute Gasteiger partial charge is 0.463 e. The zero-order valence-corrected chi connectivity index (χ0v) is 22.8. The van der Waals surface area contributed by atoms with Crippen molar-refractivity contribution in [2.45, 2.75) is 50.1 Å². The molecule has 0 aliphatic carbocycles. The number of carbonyl (C=O) groups excluding carboxylic acids is 4. The first-order chi connectivity index (χ1) is 20.3. The third-order valence-corrected chi connectivity index (χ3v) is 6.50. The highest BCUT2D eigenvalue weighted by atomic mass is 16.7. The van der Waals surface area contributed by atoms with Crippen molar-refractivity contribution in [3.63, 3.8) is 0 Å². The Morgan fingerprint density at radius 1 is 0.762 bits per heavy atom. The van der Waals surface area contributed by atoms with Crippen LogP contribution in [0, 0.1) is 0 Å². The molecule has 2 aromatic rings. The summed E-state index contributed by atoms with van der Waals surface area (Å²) in [5.41, 5.74) is 0.462. The number of aliphatic hydroxyl groups excluding tert-OH is 1. The van der Waals surface area contributed by atoms with Gasteiger partial charge < -0.3 is 38.3 Å². The largest absolute Gasteiger partial charge is 0.513 e. The number of hydrogen-bond donors (Lipinski definition) is 1. The first-order valence-corrected chi connectivity index (χ1v) is 13.5.